The minimum atomic E-state index is -0.119. The highest BCUT2D eigenvalue weighted by Gasteiger charge is 2.07. The second-order valence-electron chi connectivity index (χ2n) is 6.61. The van der Waals surface area contributed by atoms with Crippen LogP contribution in [0.1, 0.15) is 18.1 Å². The Morgan fingerprint density at radius 3 is 2.37 bits per heavy atom. The molecule has 132 valence electrons. The van der Waals surface area contributed by atoms with Crippen molar-refractivity contribution >= 4 is 33.2 Å². The Labute approximate surface area is 158 Å². The molecule has 0 spiro atoms. The van der Waals surface area contributed by atoms with E-state index >= 15 is 0 Å². The van der Waals surface area contributed by atoms with Crippen molar-refractivity contribution < 1.29 is 4.79 Å². The van der Waals surface area contributed by atoms with Gasteiger partial charge in [0.1, 0.15) is 0 Å². The summed E-state index contributed by atoms with van der Waals surface area (Å²) in [7, 11) is 0. The summed E-state index contributed by atoms with van der Waals surface area (Å²) in [5.41, 5.74) is 5.48. The van der Waals surface area contributed by atoms with Crippen LogP contribution in [-0.2, 0) is 11.2 Å². The first-order valence-electron chi connectivity index (χ1n) is 9.00. The van der Waals surface area contributed by atoms with E-state index in [0.29, 0.717) is 6.42 Å². The molecular weight excluding hydrogens is 332 g/mol. The number of carbonyl (C=O) groups excluding carboxylic acids is 1. The second kappa shape index (κ2) is 7.42. The third-order valence-corrected chi connectivity index (χ3v) is 4.75. The number of nitrogens with zero attached hydrogens (tertiary/aromatic N) is 1. The minimum absolute atomic E-state index is 0.119. The third-order valence-electron chi connectivity index (χ3n) is 4.75. The van der Waals surface area contributed by atoms with Gasteiger partial charge in [0.2, 0.25) is 5.91 Å². The van der Waals surface area contributed by atoms with Crippen molar-refractivity contribution in [3.05, 3.63) is 96.1 Å². The Kier molecular flexibility index (Phi) is 4.67. The summed E-state index contributed by atoms with van der Waals surface area (Å²) in [6.45, 7) is 1.91. The molecule has 0 aliphatic carbocycles. The van der Waals surface area contributed by atoms with E-state index in [9.17, 15) is 4.79 Å². The van der Waals surface area contributed by atoms with Gasteiger partial charge in [-0.2, -0.15) is 5.10 Å². The first-order valence-corrected chi connectivity index (χ1v) is 9.00. The topological polar surface area (TPSA) is 41.5 Å². The molecule has 1 N–H and O–H groups in total. The van der Waals surface area contributed by atoms with Crippen molar-refractivity contribution in [3.8, 4) is 0 Å². The van der Waals surface area contributed by atoms with E-state index < -0.39 is 0 Å². The van der Waals surface area contributed by atoms with Gasteiger partial charge in [0.25, 0.3) is 0 Å². The van der Waals surface area contributed by atoms with E-state index in [1.807, 2.05) is 55.5 Å². The number of hydrogen-bond acceptors (Lipinski definition) is 2. The Hall–Kier alpha value is -3.46. The third kappa shape index (κ3) is 3.72. The molecule has 0 heterocycles. The predicted molar refractivity (Wildman–Crippen MR) is 112 cm³/mol. The van der Waals surface area contributed by atoms with Crippen molar-refractivity contribution in [1.82, 2.24) is 5.43 Å². The summed E-state index contributed by atoms with van der Waals surface area (Å²) in [4.78, 5) is 12.4. The zero-order valence-corrected chi connectivity index (χ0v) is 15.1. The molecule has 4 aromatic rings. The predicted octanol–water partition coefficient (Wildman–Crippen LogP) is 5.08. The van der Waals surface area contributed by atoms with E-state index in [0.717, 1.165) is 33.0 Å². The molecule has 0 aliphatic heterocycles. The fourth-order valence-corrected chi connectivity index (χ4v) is 3.28. The van der Waals surface area contributed by atoms with Crippen LogP contribution < -0.4 is 5.43 Å². The van der Waals surface area contributed by atoms with E-state index in [1.165, 1.54) is 5.39 Å². The molecule has 0 fully saturated rings. The minimum Gasteiger partial charge on any atom is -0.273 e. The number of hydrogen-bond donors (Lipinski definition) is 1. The maximum absolute atomic E-state index is 12.4. The zero-order chi connectivity index (χ0) is 18.6. The van der Waals surface area contributed by atoms with Crippen LogP contribution in [0.4, 0.5) is 0 Å². The highest BCUT2D eigenvalue weighted by molar-refractivity contribution is 6.02. The second-order valence-corrected chi connectivity index (χ2v) is 6.61. The maximum atomic E-state index is 12.4. The number of amides is 1. The standard InChI is InChI=1S/C24H20N2O/c1-17(20-14-13-18-7-2-3-9-21(18)15-20)25-26-24(27)16-22-11-6-10-19-8-4-5-12-23(19)22/h2-15H,16H2,1H3,(H,26,27)/b25-17-. The van der Waals surface area contributed by atoms with Crippen molar-refractivity contribution in [2.24, 2.45) is 5.10 Å². The van der Waals surface area contributed by atoms with Gasteiger partial charge in [-0.25, -0.2) is 5.43 Å². The highest BCUT2D eigenvalue weighted by Crippen LogP contribution is 2.19. The molecule has 0 bridgehead atoms. The van der Waals surface area contributed by atoms with Crippen LogP contribution in [0, 0.1) is 0 Å². The molecule has 0 aliphatic rings. The number of nitrogens with one attached hydrogen (secondary N) is 1. The molecule has 0 unspecified atom stereocenters. The number of hydrazone groups is 1. The summed E-state index contributed by atoms with van der Waals surface area (Å²) in [6, 6.07) is 28.5. The van der Waals surface area contributed by atoms with Gasteiger partial charge in [-0.05, 0) is 45.7 Å². The van der Waals surface area contributed by atoms with Crippen LogP contribution in [0.3, 0.4) is 0 Å². The smallest absolute Gasteiger partial charge is 0.244 e. The van der Waals surface area contributed by atoms with Gasteiger partial charge in [0.05, 0.1) is 12.1 Å². The van der Waals surface area contributed by atoms with Crippen LogP contribution >= 0.6 is 0 Å². The van der Waals surface area contributed by atoms with Crippen LogP contribution in [0.15, 0.2) is 90.0 Å². The quantitative estimate of drug-likeness (QED) is 0.404. The Morgan fingerprint density at radius 2 is 1.52 bits per heavy atom. The molecule has 0 saturated carbocycles. The van der Waals surface area contributed by atoms with Gasteiger partial charge >= 0.3 is 0 Å². The lowest BCUT2D eigenvalue weighted by atomic mass is 10.0. The van der Waals surface area contributed by atoms with Crippen LogP contribution in [0.5, 0.6) is 0 Å². The molecule has 3 nitrogen and oxygen atoms in total. The summed E-state index contributed by atoms with van der Waals surface area (Å²) in [6.07, 6.45) is 0.301. The lowest BCUT2D eigenvalue weighted by Gasteiger charge is -2.07. The van der Waals surface area contributed by atoms with Gasteiger partial charge in [-0.1, -0.05) is 78.9 Å². The Bertz CT molecular complexity index is 1160. The summed E-state index contributed by atoms with van der Waals surface area (Å²) >= 11 is 0. The summed E-state index contributed by atoms with van der Waals surface area (Å²) in [5, 5.41) is 8.88. The Morgan fingerprint density at radius 1 is 0.815 bits per heavy atom. The van der Waals surface area contributed by atoms with E-state index in [1.54, 1.807) is 0 Å². The molecule has 0 saturated heterocycles. The molecule has 0 atom stereocenters. The summed E-state index contributed by atoms with van der Waals surface area (Å²) < 4.78 is 0. The summed E-state index contributed by atoms with van der Waals surface area (Å²) in [5.74, 6) is -0.119. The molecular formula is C24H20N2O. The van der Waals surface area contributed by atoms with Gasteiger partial charge in [-0.3, -0.25) is 4.79 Å². The highest BCUT2D eigenvalue weighted by atomic mass is 16.2. The van der Waals surface area contributed by atoms with Gasteiger partial charge in [-0.15, -0.1) is 0 Å². The van der Waals surface area contributed by atoms with Crippen LogP contribution in [0.2, 0.25) is 0 Å². The lowest BCUT2D eigenvalue weighted by Crippen LogP contribution is -2.21. The molecule has 27 heavy (non-hydrogen) atoms. The first-order chi connectivity index (χ1) is 13.2. The SMILES string of the molecule is C/C(=N/NC(=O)Cc1cccc2ccccc12)c1ccc2ccccc2c1. The van der Waals surface area contributed by atoms with Crippen molar-refractivity contribution in [2.45, 2.75) is 13.3 Å². The van der Waals surface area contributed by atoms with Gasteiger partial charge < -0.3 is 0 Å². The first kappa shape index (κ1) is 17.0. The number of rotatable bonds is 4. The molecule has 3 heteroatoms. The molecule has 0 radical (unpaired) electrons. The lowest BCUT2D eigenvalue weighted by molar-refractivity contribution is -0.120. The van der Waals surface area contributed by atoms with Crippen LogP contribution in [0.25, 0.3) is 21.5 Å². The van der Waals surface area contributed by atoms with Crippen molar-refractivity contribution in [1.29, 1.82) is 0 Å². The average Bonchev–Trinajstić information content (AvgIpc) is 2.72. The van der Waals surface area contributed by atoms with Crippen molar-refractivity contribution in [2.75, 3.05) is 0 Å². The fourth-order valence-electron chi connectivity index (χ4n) is 3.28. The number of carbonyl (C=O) groups is 1. The van der Waals surface area contributed by atoms with Gasteiger partial charge in [0.15, 0.2) is 0 Å². The van der Waals surface area contributed by atoms with E-state index in [2.05, 4.69) is 46.9 Å². The molecule has 0 aromatic heterocycles. The molecule has 4 aromatic carbocycles. The number of benzene rings is 4. The van der Waals surface area contributed by atoms with Gasteiger partial charge in [0, 0.05) is 0 Å². The normalized spacial score (nSPS) is 11.7. The zero-order valence-electron chi connectivity index (χ0n) is 15.1. The van der Waals surface area contributed by atoms with E-state index in [4.69, 9.17) is 0 Å². The molecule has 1 amide bonds. The Balaban J connectivity index is 1.50. The maximum Gasteiger partial charge on any atom is 0.244 e. The van der Waals surface area contributed by atoms with Crippen LogP contribution in [-0.4, -0.2) is 11.6 Å². The van der Waals surface area contributed by atoms with E-state index in [-0.39, 0.29) is 5.91 Å². The average molecular weight is 352 g/mol. The monoisotopic (exact) mass is 352 g/mol. The largest absolute Gasteiger partial charge is 0.273 e. The van der Waals surface area contributed by atoms with Crippen molar-refractivity contribution in [3.63, 3.8) is 0 Å². The number of fused-ring (bicyclic) bond motifs is 2. The fraction of sp³-hybridized carbons (Fsp3) is 0.0833. The molecule has 4 rings (SSSR count).